The van der Waals surface area contributed by atoms with Crippen LogP contribution < -0.4 is 4.90 Å². The Bertz CT molecular complexity index is 2310. The fourth-order valence-electron chi connectivity index (χ4n) is 6.14. The topological polar surface area (TPSA) is 55.3 Å². The Morgan fingerprint density at radius 3 is 1.44 bits per heavy atom. The molecule has 7 aromatic carbocycles. The third-order valence-corrected chi connectivity index (χ3v) is 8.32. The minimum atomic E-state index is 0.605. The van der Waals surface area contributed by atoms with Crippen molar-refractivity contribution >= 4 is 60.8 Å². The molecule has 212 valence electrons. The van der Waals surface area contributed by atoms with E-state index < -0.39 is 0 Å². The highest BCUT2D eigenvalue weighted by Crippen LogP contribution is 2.43. The van der Waals surface area contributed by atoms with Crippen molar-refractivity contribution in [3.63, 3.8) is 0 Å². The third kappa shape index (κ3) is 4.33. The van der Waals surface area contributed by atoms with Crippen LogP contribution in [0.4, 0.5) is 17.1 Å². The molecule has 0 bridgehead atoms. The first kappa shape index (κ1) is 25.3. The van der Waals surface area contributed by atoms with Gasteiger partial charge in [-0.25, -0.2) is 9.97 Å². The zero-order valence-electron chi connectivity index (χ0n) is 24.1. The predicted octanol–water partition coefficient (Wildman–Crippen LogP) is 11.1. The standard InChI is InChI=1S/C40H25N3O2/c1-2-10-31-28(9-1)25-36(33-12-4-3-11-32(31)33)43(29-21-17-26(18-22-29)39-41-34-13-5-7-15-37(34)44-39)30-23-19-27(20-24-30)40-42-35-14-6-8-16-38(35)45-40/h1-25H. The molecule has 0 radical (unpaired) electrons. The molecule has 0 aliphatic rings. The van der Waals surface area contributed by atoms with Crippen molar-refractivity contribution in [2.45, 2.75) is 0 Å². The number of oxazole rings is 2. The van der Waals surface area contributed by atoms with Crippen LogP contribution >= 0.6 is 0 Å². The number of fused-ring (bicyclic) bond motifs is 5. The van der Waals surface area contributed by atoms with E-state index in [2.05, 4.69) is 108 Å². The van der Waals surface area contributed by atoms with Gasteiger partial charge in [0, 0.05) is 27.9 Å². The van der Waals surface area contributed by atoms with Gasteiger partial charge < -0.3 is 13.7 Å². The zero-order valence-corrected chi connectivity index (χ0v) is 24.1. The van der Waals surface area contributed by atoms with E-state index >= 15 is 0 Å². The lowest BCUT2D eigenvalue weighted by molar-refractivity contribution is 0.619. The maximum absolute atomic E-state index is 6.07. The molecular formula is C40H25N3O2. The van der Waals surface area contributed by atoms with Gasteiger partial charge in [0.25, 0.3) is 0 Å². The number of nitrogens with zero attached hydrogens (tertiary/aromatic N) is 3. The van der Waals surface area contributed by atoms with Crippen LogP contribution in [0.1, 0.15) is 0 Å². The Hall–Kier alpha value is -6.20. The Morgan fingerprint density at radius 1 is 0.422 bits per heavy atom. The summed E-state index contributed by atoms with van der Waals surface area (Å²) in [4.78, 5) is 11.7. The number of rotatable bonds is 5. The van der Waals surface area contributed by atoms with Crippen LogP contribution in [0.5, 0.6) is 0 Å². The molecule has 9 aromatic rings. The smallest absolute Gasteiger partial charge is 0.227 e. The van der Waals surface area contributed by atoms with Gasteiger partial charge in [0.1, 0.15) is 11.0 Å². The van der Waals surface area contributed by atoms with Gasteiger partial charge in [-0.3, -0.25) is 0 Å². The van der Waals surface area contributed by atoms with Gasteiger partial charge in [0.15, 0.2) is 11.2 Å². The minimum absolute atomic E-state index is 0.605. The molecule has 0 N–H and O–H groups in total. The SMILES string of the molecule is c1ccc2c(c1)cc(N(c1ccc(-c3nc4ccccc4o3)cc1)c1ccc(-c3nc4ccccc4o3)cc1)c1ccccc12. The molecule has 2 heterocycles. The van der Waals surface area contributed by atoms with E-state index in [1.807, 2.05) is 48.5 Å². The molecular weight excluding hydrogens is 554 g/mol. The fraction of sp³-hybridized carbons (Fsp3) is 0. The second-order valence-electron chi connectivity index (χ2n) is 11.1. The lowest BCUT2D eigenvalue weighted by Crippen LogP contribution is -2.10. The summed E-state index contributed by atoms with van der Waals surface area (Å²) in [5, 5.41) is 4.79. The number of hydrogen-bond acceptors (Lipinski definition) is 5. The molecule has 45 heavy (non-hydrogen) atoms. The van der Waals surface area contributed by atoms with Crippen molar-refractivity contribution in [2.24, 2.45) is 0 Å². The van der Waals surface area contributed by atoms with Crippen LogP contribution in [-0.2, 0) is 0 Å². The summed E-state index contributed by atoms with van der Waals surface area (Å²) in [6.45, 7) is 0. The molecule has 0 atom stereocenters. The fourth-order valence-corrected chi connectivity index (χ4v) is 6.14. The first-order valence-electron chi connectivity index (χ1n) is 14.9. The van der Waals surface area contributed by atoms with Gasteiger partial charge in [-0.2, -0.15) is 0 Å². The van der Waals surface area contributed by atoms with E-state index in [-0.39, 0.29) is 0 Å². The number of para-hydroxylation sites is 4. The van der Waals surface area contributed by atoms with E-state index in [1.165, 1.54) is 21.5 Å². The molecule has 0 aliphatic heterocycles. The van der Waals surface area contributed by atoms with Crippen molar-refractivity contribution in [2.75, 3.05) is 4.90 Å². The molecule has 9 rings (SSSR count). The molecule has 0 saturated heterocycles. The molecule has 0 spiro atoms. The summed E-state index contributed by atoms with van der Waals surface area (Å²) in [7, 11) is 0. The average molecular weight is 580 g/mol. The summed E-state index contributed by atoms with van der Waals surface area (Å²) >= 11 is 0. The van der Waals surface area contributed by atoms with Crippen LogP contribution in [0.2, 0.25) is 0 Å². The van der Waals surface area contributed by atoms with E-state index in [4.69, 9.17) is 18.8 Å². The van der Waals surface area contributed by atoms with Crippen LogP contribution in [-0.4, -0.2) is 9.97 Å². The summed E-state index contributed by atoms with van der Waals surface area (Å²) in [6, 6.07) is 51.9. The predicted molar refractivity (Wildman–Crippen MR) is 182 cm³/mol. The maximum atomic E-state index is 6.07. The molecule has 0 unspecified atom stereocenters. The van der Waals surface area contributed by atoms with Gasteiger partial charge in [-0.05, 0) is 95.0 Å². The van der Waals surface area contributed by atoms with Gasteiger partial charge >= 0.3 is 0 Å². The molecule has 5 heteroatoms. The first-order valence-corrected chi connectivity index (χ1v) is 14.9. The van der Waals surface area contributed by atoms with Crippen molar-refractivity contribution in [1.29, 1.82) is 0 Å². The Morgan fingerprint density at radius 2 is 0.889 bits per heavy atom. The zero-order chi connectivity index (χ0) is 29.7. The van der Waals surface area contributed by atoms with E-state index in [1.54, 1.807) is 0 Å². The van der Waals surface area contributed by atoms with E-state index in [0.717, 1.165) is 50.4 Å². The number of benzene rings is 7. The third-order valence-electron chi connectivity index (χ3n) is 8.32. The average Bonchev–Trinajstić information content (AvgIpc) is 3.74. The number of hydrogen-bond donors (Lipinski definition) is 0. The highest BCUT2D eigenvalue weighted by Gasteiger charge is 2.19. The van der Waals surface area contributed by atoms with Crippen molar-refractivity contribution in [1.82, 2.24) is 9.97 Å². The number of anilines is 3. The van der Waals surface area contributed by atoms with Gasteiger partial charge in [-0.1, -0.05) is 72.8 Å². The minimum Gasteiger partial charge on any atom is -0.436 e. The summed E-state index contributed by atoms with van der Waals surface area (Å²) < 4.78 is 12.1. The Kier molecular flexibility index (Phi) is 5.74. The second-order valence-corrected chi connectivity index (χ2v) is 11.1. The van der Waals surface area contributed by atoms with Gasteiger partial charge in [0.2, 0.25) is 11.8 Å². The largest absolute Gasteiger partial charge is 0.436 e. The molecule has 0 saturated carbocycles. The van der Waals surface area contributed by atoms with Crippen LogP contribution in [0.25, 0.3) is 66.7 Å². The van der Waals surface area contributed by atoms with Gasteiger partial charge in [0.05, 0.1) is 5.69 Å². The molecule has 0 aliphatic carbocycles. The lowest BCUT2D eigenvalue weighted by Gasteiger charge is -2.27. The number of aromatic nitrogens is 2. The quantitative estimate of drug-likeness (QED) is 0.190. The van der Waals surface area contributed by atoms with Crippen LogP contribution in [0.15, 0.2) is 160 Å². The monoisotopic (exact) mass is 579 g/mol. The van der Waals surface area contributed by atoms with E-state index in [9.17, 15) is 0 Å². The van der Waals surface area contributed by atoms with E-state index in [0.29, 0.717) is 11.8 Å². The van der Waals surface area contributed by atoms with Crippen molar-refractivity contribution in [3.8, 4) is 22.9 Å². The summed E-state index contributed by atoms with van der Waals surface area (Å²) in [5.41, 5.74) is 8.22. The van der Waals surface area contributed by atoms with Crippen molar-refractivity contribution in [3.05, 3.63) is 152 Å². The van der Waals surface area contributed by atoms with Crippen molar-refractivity contribution < 1.29 is 8.83 Å². The summed E-state index contributed by atoms with van der Waals surface area (Å²) in [6.07, 6.45) is 0. The Labute approximate surface area is 258 Å². The highest BCUT2D eigenvalue weighted by molar-refractivity contribution is 6.14. The van der Waals surface area contributed by atoms with Crippen LogP contribution in [0, 0.1) is 0 Å². The Balaban J connectivity index is 1.20. The molecule has 0 amide bonds. The lowest BCUT2D eigenvalue weighted by atomic mass is 9.99. The second kappa shape index (κ2) is 10.2. The van der Waals surface area contributed by atoms with Gasteiger partial charge in [-0.15, -0.1) is 0 Å². The maximum Gasteiger partial charge on any atom is 0.227 e. The molecule has 0 fully saturated rings. The molecule has 5 nitrogen and oxygen atoms in total. The normalized spacial score (nSPS) is 11.6. The first-order chi connectivity index (χ1) is 22.3. The summed E-state index contributed by atoms with van der Waals surface area (Å²) in [5.74, 6) is 1.21. The highest BCUT2D eigenvalue weighted by atomic mass is 16.4. The molecule has 2 aromatic heterocycles. The van der Waals surface area contributed by atoms with Crippen LogP contribution in [0.3, 0.4) is 0 Å².